The molecule has 0 saturated carbocycles. The molecule has 0 fully saturated rings. The van der Waals surface area contributed by atoms with Crippen molar-refractivity contribution in [1.29, 1.82) is 0 Å². The van der Waals surface area contributed by atoms with Crippen LogP contribution >= 0.6 is 12.1 Å². The molecule has 0 aliphatic rings. The average Bonchev–Trinajstić information content (AvgIpc) is 2.56. The van der Waals surface area contributed by atoms with Crippen LogP contribution in [-0.2, 0) is 0 Å². The van der Waals surface area contributed by atoms with Gasteiger partial charge in [0.05, 0.1) is 0 Å². The Morgan fingerprint density at radius 1 is 0.500 bits per heavy atom. The van der Waals surface area contributed by atoms with E-state index < -0.39 is 70.4 Å². The van der Waals surface area contributed by atoms with Crippen molar-refractivity contribution in [2.75, 3.05) is 0 Å². The van der Waals surface area contributed by atoms with E-state index in [1.165, 1.54) is 0 Å². The Labute approximate surface area is 164 Å². The molecule has 192 valence electrons. The van der Waals surface area contributed by atoms with Crippen molar-refractivity contribution in [2.45, 2.75) is 48.1 Å². The molecule has 0 spiro atoms. The molecule has 0 heterocycles. The Hall–Kier alpha value is -1.58. The summed E-state index contributed by atoms with van der Waals surface area (Å²) in [5.41, 5.74) is 0. The first-order chi connectivity index (χ1) is 13.6. The van der Waals surface area contributed by atoms with E-state index in [0.717, 1.165) is 0 Å². The number of rotatable bonds is 6. The second-order valence-electron chi connectivity index (χ2n) is 5.16. The van der Waals surface area contributed by atoms with Gasteiger partial charge in [-0.05, 0) is 0 Å². The van der Waals surface area contributed by atoms with Gasteiger partial charge in [-0.25, -0.2) is 4.90 Å². The monoisotopic (exact) mass is 548 g/mol. The minimum atomic E-state index is -8.81. The zero-order valence-corrected chi connectivity index (χ0v) is 14.2. The van der Waals surface area contributed by atoms with Crippen LogP contribution in [-0.4, -0.2) is 58.2 Å². The molecular formula is C9F20N2S. The lowest BCUT2D eigenvalue weighted by atomic mass is 9.96. The van der Waals surface area contributed by atoms with Gasteiger partial charge in [0.25, 0.3) is 0 Å². The lowest BCUT2D eigenvalue weighted by molar-refractivity contribution is -0.463. The third kappa shape index (κ3) is 4.07. The third-order valence-electron chi connectivity index (χ3n) is 3.15. The highest BCUT2D eigenvalue weighted by molar-refractivity contribution is 8.09. The van der Waals surface area contributed by atoms with Crippen LogP contribution in [0.2, 0.25) is 0 Å². The number of hydrogen-bond acceptors (Lipinski definition) is 2. The van der Waals surface area contributed by atoms with Crippen LogP contribution in [0.15, 0.2) is 5.21 Å². The summed E-state index contributed by atoms with van der Waals surface area (Å²) in [5, 5.41) is -3.53. The Bertz CT molecular complexity index is 703. The number of alkyl halides is 18. The Morgan fingerprint density at radius 3 is 1.09 bits per heavy atom. The van der Waals surface area contributed by atoms with Gasteiger partial charge < -0.3 is 0 Å². The highest BCUT2D eigenvalue weighted by Crippen LogP contribution is 2.62. The van der Waals surface area contributed by atoms with Crippen LogP contribution in [0.5, 0.6) is 0 Å². The van der Waals surface area contributed by atoms with Crippen molar-refractivity contribution in [2.24, 2.45) is 5.21 Å². The molecule has 0 saturated heterocycles. The molecule has 0 atom stereocenters. The number of amidine groups is 1. The molecule has 0 rings (SSSR count). The van der Waals surface area contributed by atoms with Gasteiger partial charge in [0.1, 0.15) is 12.1 Å². The van der Waals surface area contributed by atoms with Crippen molar-refractivity contribution in [3.05, 3.63) is 0 Å². The summed E-state index contributed by atoms with van der Waals surface area (Å²) in [6.07, 6.45) is -15.6. The first-order valence-corrected chi connectivity index (χ1v) is 7.04. The van der Waals surface area contributed by atoms with Crippen molar-refractivity contribution in [1.82, 2.24) is 4.90 Å². The van der Waals surface area contributed by atoms with E-state index in [0.29, 0.717) is 5.21 Å². The van der Waals surface area contributed by atoms with Gasteiger partial charge in [-0.15, -0.1) is 0 Å². The van der Waals surface area contributed by atoms with E-state index in [9.17, 15) is 87.4 Å². The predicted octanol–water partition coefficient (Wildman–Crippen LogP) is 7.00. The van der Waals surface area contributed by atoms with Gasteiger partial charge in [0.2, 0.25) is 5.17 Å². The quantitative estimate of drug-likeness (QED) is 0.154. The van der Waals surface area contributed by atoms with Gasteiger partial charge >= 0.3 is 48.1 Å². The fourth-order valence-electron chi connectivity index (χ4n) is 1.53. The zero-order valence-electron chi connectivity index (χ0n) is 13.4. The van der Waals surface area contributed by atoms with Crippen LogP contribution in [0, 0.1) is 0 Å². The van der Waals surface area contributed by atoms with E-state index in [1.54, 1.807) is 0 Å². The summed E-state index contributed by atoms with van der Waals surface area (Å²) >= 11 is -2.66. The molecular weight excluding hydrogens is 548 g/mol. The topological polar surface area (TPSA) is 15.6 Å². The molecule has 0 aromatic rings. The SMILES string of the molecule is FN=C(SF)N(C(F)(F)C(F)(F)F)C(F)(F)C(F)(F)C(F)(F)C(F)(F)C(F)(F)C(F)(F)F. The first kappa shape index (κ1) is 30.4. The standard InChI is InChI=1S/C9F20N2S/c10-2(11,4(14,15)6(18,19)20)3(12,13)5(16,17)8(24,25)31(1(30-28)32-29)9(26,27)7(21,22)23. The molecule has 0 aliphatic carbocycles. The predicted molar refractivity (Wildman–Crippen MR) is 60.9 cm³/mol. The molecule has 0 unspecified atom stereocenters. The minimum Gasteiger partial charge on any atom is -0.213 e. The van der Waals surface area contributed by atoms with Crippen molar-refractivity contribution in [3.8, 4) is 0 Å². The first-order valence-electron chi connectivity index (χ1n) is 6.32. The van der Waals surface area contributed by atoms with Gasteiger partial charge in [-0.3, -0.25) is 0 Å². The summed E-state index contributed by atoms with van der Waals surface area (Å²) in [6.45, 7) is 0. The molecule has 0 aliphatic heterocycles. The summed E-state index contributed by atoms with van der Waals surface area (Å²) < 4.78 is 255. The summed E-state index contributed by atoms with van der Waals surface area (Å²) in [6, 6.07) is -16.2. The van der Waals surface area contributed by atoms with E-state index in [4.69, 9.17) is 0 Å². The Morgan fingerprint density at radius 2 is 0.844 bits per heavy atom. The second kappa shape index (κ2) is 8.02. The van der Waals surface area contributed by atoms with Crippen molar-refractivity contribution in [3.63, 3.8) is 0 Å². The highest BCUT2D eigenvalue weighted by Gasteiger charge is 2.93. The maximum atomic E-state index is 13.7. The van der Waals surface area contributed by atoms with Crippen LogP contribution in [0.25, 0.3) is 0 Å². The second-order valence-corrected chi connectivity index (χ2v) is 5.67. The van der Waals surface area contributed by atoms with Crippen LogP contribution < -0.4 is 0 Å². The van der Waals surface area contributed by atoms with Crippen LogP contribution in [0.1, 0.15) is 0 Å². The maximum absolute atomic E-state index is 13.7. The smallest absolute Gasteiger partial charge is 0.213 e. The fourth-order valence-corrected chi connectivity index (χ4v) is 1.85. The third-order valence-corrected chi connectivity index (χ3v) is 3.54. The van der Waals surface area contributed by atoms with Gasteiger partial charge in [-0.2, -0.15) is 82.9 Å². The largest absolute Gasteiger partial charge is 0.475 e. The Kier molecular flexibility index (Phi) is 7.63. The van der Waals surface area contributed by atoms with Crippen LogP contribution in [0.3, 0.4) is 0 Å². The van der Waals surface area contributed by atoms with Crippen molar-refractivity contribution >= 4 is 17.3 Å². The molecule has 0 N–H and O–H groups in total. The van der Waals surface area contributed by atoms with E-state index in [-0.39, 0.29) is 0 Å². The van der Waals surface area contributed by atoms with Crippen LogP contribution in [0.4, 0.5) is 87.4 Å². The lowest BCUT2D eigenvalue weighted by Crippen LogP contribution is -2.75. The average molecular weight is 548 g/mol. The van der Waals surface area contributed by atoms with Crippen molar-refractivity contribution < 1.29 is 87.4 Å². The molecule has 0 aromatic carbocycles. The molecule has 0 aromatic heterocycles. The number of halogens is 20. The minimum absolute atomic E-state index is 0.375. The maximum Gasteiger partial charge on any atom is 0.475 e. The van der Waals surface area contributed by atoms with E-state index in [2.05, 4.69) is 0 Å². The normalized spacial score (nSPS) is 16.4. The molecule has 2 nitrogen and oxygen atoms in total. The molecule has 0 amide bonds. The van der Waals surface area contributed by atoms with E-state index >= 15 is 0 Å². The van der Waals surface area contributed by atoms with E-state index in [1.807, 2.05) is 0 Å². The van der Waals surface area contributed by atoms with Gasteiger partial charge in [0, 0.05) is 0 Å². The number of hydrogen-bond donors (Lipinski definition) is 0. The summed E-state index contributed by atoms with van der Waals surface area (Å²) in [7, 11) is 0. The number of nitrogens with zero attached hydrogens (tertiary/aromatic N) is 2. The highest BCUT2D eigenvalue weighted by atomic mass is 32.2. The Balaban J connectivity index is 7.17. The molecule has 23 heteroatoms. The summed E-state index contributed by atoms with van der Waals surface area (Å²) in [5.74, 6) is -34.6. The van der Waals surface area contributed by atoms with Gasteiger partial charge in [-0.1, -0.05) is 9.70 Å². The lowest BCUT2D eigenvalue weighted by Gasteiger charge is -2.44. The molecule has 0 radical (unpaired) electrons. The van der Waals surface area contributed by atoms with Gasteiger partial charge in [0.15, 0.2) is 0 Å². The fraction of sp³-hybridized carbons (Fsp3) is 0.889. The summed E-state index contributed by atoms with van der Waals surface area (Å²) in [4.78, 5) is -3.99. The zero-order chi connectivity index (χ0) is 26.6. The molecule has 0 bridgehead atoms. The molecule has 32 heavy (non-hydrogen) atoms.